The zero-order chi connectivity index (χ0) is 15.1. The van der Waals surface area contributed by atoms with E-state index in [1.54, 1.807) is 0 Å². The number of methoxy groups -OCH3 is 1. The van der Waals surface area contributed by atoms with Crippen molar-refractivity contribution in [3.63, 3.8) is 0 Å². The summed E-state index contributed by atoms with van der Waals surface area (Å²) in [5.74, 6) is -2.00. The number of carboxylic acids is 1. The van der Waals surface area contributed by atoms with E-state index in [4.69, 9.17) is 9.84 Å². The number of nitrogens with one attached hydrogen (secondary N) is 1. The summed E-state index contributed by atoms with van der Waals surface area (Å²) >= 11 is 0. The monoisotopic (exact) mass is 288 g/mol. The van der Waals surface area contributed by atoms with Crippen molar-refractivity contribution < 1.29 is 29.0 Å². The highest BCUT2D eigenvalue weighted by Gasteiger charge is 2.26. The zero-order valence-electron chi connectivity index (χ0n) is 11.6. The van der Waals surface area contributed by atoms with Gasteiger partial charge in [-0.25, -0.2) is 4.79 Å². The Morgan fingerprint density at radius 1 is 1.50 bits per heavy atom. The summed E-state index contributed by atoms with van der Waals surface area (Å²) in [5, 5.41) is 11.3. The molecule has 8 nitrogen and oxygen atoms in total. The first-order valence-corrected chi connectivity index (χ1v) is 6.38. The van der Waals surface area contributed by atoms with Crippen LogP contribution in [0, 0.1) is 5.92 Å². The number of morpholine rings is 1. The van der Waals surface area contributed by atoms with Gasteiger partial charge in [-0.3, -0.25) is 9.59 Å². The van der Waals surface area contributed by atoms with E-state index >= 15 is 0 Å². The Labute approximate surface area is 117 Å². The summed E-state index contributed by atoms with van der Waals surface area (Å²) in [5.41, 5.74) is 0. The van der Waals surface area contributed by atoms with E-state index in [1.165, 1.54) is 18.9 Å². The number of urea groups is 1. The molecule has 0 aromatic rings. The SMILES string of the molecule is COC(=O)CC1CN(C(=O)NCC(C)C(=O)O)CCO1. The van der Waals surface area contributed by atoms with E-state index in [0.29, 0.717) is 13.2 Å². The Hall–Kier alpha value is -1.83. The van der Waals surface area contributed by atoms with Crippen molar-refractivity contribution in [2.45, 2.75) is 19.4 Å². The fourth-order valence-electron chi connectivity index (χ4n) is 1.74. The largest absolute Gasteiger partial charge is 0.481 e. The number of hydrogen-bond acceptors (Lipinski definition) is 5. The van der Waals surface area contributed by atoms with Crippen molar-refractivity contribution >= 4 is 18.0 Å². The lowest BCUT2D eigenvalue weighted by Gasteiger charge is -2.32. The van der Waals surface area contributed by atoms with Crippen molar-refractivity contribution in [2.75, 3.05) is 33.4 Å². The summed E-state index contributed by atoms with van der Waals surface area (Å²) in [4.78, 5) is 35.2. The van der Waals surface area contributed by atoms with Gasteiger partial charge in [0.15, 0.2) is 0 Å². The highest BCUT2D eigenvalue weighted by Crippen LogP contribution is 2.09. The van der Waals surface area contributed by atoms with Gasteiger partial charge >= 0.3 is 18.0 Å². The van der Waals surface area contributed by atoms with Crippen LogP contribution in [0.25, 0.3) is 0 Å². The van der Waals surface area contributed by atoms with Crippen LogP contribution in [-0.2, 0) is 19.1 Å². The molecule has 2 atom stereocenters. The van der Waals surface area contributed by atoms with Crippen LogP contribution >= 0.6 is 0 Å². The molecule has 2 amide bonds. The minimum atomic E-state index is -0.962. The van der Waals surface area contributed by atoms with Crippen LogP contribution in [0.1, 0.15) is 13.3 Å². The van der Waals surface area contributed by atoms with Gasteiger partial charge in [0.05, 0.1) is 32.2 Å². The van der Waals surface area contributed by atoms with Crippen LogP contribution in [-0.4, -0.2) is 67.4 Å². The van der Waals surface area contributed by atoms with Crippen molar-refractivity contribution in [3.05, 3.63) is 0 Å². The Morgan fingerprint density at radius 2 is 2.20 bits per heavy atom. The first-order valence-electron chi connectivity index (χ1n) is 6.38. The number of carbonyl (C=O) groups excluding carboxylic acids is 2. The molecule has 114 valence electrons. The van der Waals surface area contributed by atoms with Crippen LogP contribution < -0.4 is 5.32 Å². The van der Waals surface area contributed by atoms with Gasteiger partial charge in [0.25, 0.3) is 0 Å². The third-order valence-electron chi connectivity index (χ3n) is 3.03. The van der Waals surface area contributed by atoms with Gasteiger partial charge in [0.1, 0.15) is 0 Å². The molecular weight excluding hydrogens is 268 g/mol. The molecule has 0 spiro atoms. The Bertz CT molecular complexity index is 373. The maximum Gasteiger partial charge on any atom is 0.317 e. The molecule has 0 aromatic heterocycles. The summed E-state index contributed by atoms with van der Waals surface area (Å²) < 4.78 is 9.93. The van der Waals surface area contributed by atoms with Crippen molar-refractivity contribution in [1.82, 2.24) is 10.2 Å². The number of carboxylic acid groups (broad SMARTS) is 1. The number of hydrogen-bond donors (Lipinski definition) is 2. The van der Waals surface area contributed by atoms with Gasteiger partial charge in [-0.15, -0.1) is 0 Å². The van der Waals surface area contributed by atoms with Crippen molar-refractivity contribution in [3.8, 4) is 0 Å². The molecule has 0 aliphatic carbocycles. The summed E-state index contributed by atoms with van der Waals surface area (Å²) in [7, 11) is 1.29. The molecule has 1 rings (SSSR count). The number of rotatable bonds is 5. The molecule has 0 bridgehead atoms. The quantitative estimate of drug-likeness (QED) is 0.672. The molecule has 20 heavy (non-hydrogen) atoms. The normalized spacial score (nSPS) is 20.1. The van der Waals surface area contributed by atoms with E-state index in [9.17, 15) is 14.4 Å². The smallest absolute Gasteiger partial charge is 0.317 e. The van der Waals surface area contributed by atoms with E-state index in [-0.39, 0.29) is 31.6 Å². The van der Waals surface area contributed by atoms with Crippen LogP contribution in [0.15, 0.2) is 0 Å². The van der Waals surface area contributed by atoms with Crippen molar-refractivity contribution in [1.29, 1.82) is 0 Å². The molecule has 1 aliphatic rings. The number of carbonyl (C=O) groups is 3. The number of nitrogens with zero attached hydrogens (tertiary/aromatic N) is 1. The lowest BCUT2D eigenvalue weighted by atomic mass is 10.2. The lowest BCUT2D eigenvalue weighted by Crippen LogP contribution is -2.51. The molecule has 1 saturated heterocycles. The molecule has 8 heteroatoms. The molecule has 1 heterocycles. The van der Waals surface area contributed by atoms with E-state index in [0.717, 1.165) is 0 Å². The minimum absolute atomic E-state index is 0.0627. The molecule has 1 fully saturated rings. The van der Waals surface area contributed by atoms with Crippen molar-refractivity contribution in [2.24, 2.45) is 5.92 Å². The Morgan fingerprint density at radius 3 is 2.80 bits per heavy atom. The third kappa shape index (κ3) is 5.04. The van der Waals surface area contributed by atoms with Gasteiger partial charge in [0.2, 0.25) is 0 Å². The Balaban J connectivity index is 2.40. The number of amides is 2. The second-order valence-corrected chi connectivity index (χ2v) is 4.64. The third-order valence-corrected chi connectivity index (χ3v) is 3.03. The number of esters is 1. The molecule has 2 unspecified atom stereocenters. The Kier molecular flexibility index (Phi) is 6.23. The van der Waals surface area contributed by atoms with Gasteiger partial charge in [-0.1, -0.05) is 6.92 Å². The lowest BCUT2D eigenvalue weighted by molar-refractivity contribution is -0.145. The average Bonchev–Trinajstić information content (AvgIpc) is 2.44. The van der Waals surface area contributed by atoms with E-state index in [2.05, 4.69) is 10.1 Å². The second kappa shape index (κ2) is 7.68. The second-order valence-electron chi connectivity index (χ2n) is 4.64. The van der Waals surface area contributed by atoms with Gasteiger partial charge < -0.3 is 24.8 Å². The molecule has 0 saturated carbocycles. The molecule has 0 radical (unpaired) electrons. The van der Waals surface area contributed by atoms with Crippen LogP contribution in [0.3, 0.4) is 0 Å². The van der Waals surface area contributed by atoms with E-state index < -0.39 is 17.9 Å². The maximum absolute atomic E-state index is 11.9. The van der Waals surface area contributed by atoms with Gasteiger partial charge in [0, 0.05) is 19.6 Å². The molecule has 0 aromatic carbocycles. The molecule has 2 N–H and O–H groups in total. The number of aliphatic carboxylic acids is 1. The first-order chi connectivity index (χ1) is 9.43. The average molecular weight is 288 g/mol. The fourth-order valence-corrected chi connectivity index (χ4v) is 1.74. The maximum atomic E-state index is 11.9. The van der Waals surface area contributed by atoms with Crippen LogP contribution in [0.5, 0.6) is 0 Å². The van der Waals surface area contributed by atoms with Crippen LogP contribution in [0.2, 0.25) is 0 Å². The number of ether oxygens (including phenoxy) is 2. The van der Waals surface area contributed by atoms with E-state index in [1.807, 2.05) is 0 Å². The van der Waals surface area contributed by atoms with Crippen LogP contribution in [0.4, 0.5) is 4.79 Å². The predicted octanol–water partition coefficient (Wildman–Crippen LogP) is -0.319. The highest BCUT2D eigenvalue weighted by molar-refractivity contribution is 5.76. The van der Waals surface area contributed by atoms with Gasteiger partial charge in [-0.05, 0) is 0 Å². The first kappa shape index (κ1) is 16.2. The standard InChI is InChI=1S/C12H20N2O6/c1-8(11(16)17)6-13-12(18)14-3-4-20-9(7-14)5-10(15)19-2/h8-9H,3-7H2,1-2H3,(H,13,18)(H,16,17). The predicted molar refractivity (Wildman–Crippen MR) is 68.1 cm³/mol. The minimum Gasteiger partial charge on any atom is -0.481 e. The zero-order valence-corrected chi connectivity index (χ0v) is 11.6. The summed E-state index contributed by atoms with van der Waals surface area (Å²) in [6, 6.07) is -0.351. The topological polar surface area (TPSA) is 105 Å². The summed E-state index contributed by atoms with van der Waals surface area (Å²) in [6.07, 6.45) is -0.301. The summed E-state index contributed by atoms with van der Waals surface area (Å²) in [6.45, 7) is 2.60. The molecular formula is C12H20N2O6. The highest BCUT2D eigenvalue weighted by atomic mass is 16.5. The van der Waals surface area contributed by atoms with Gasteiger partial charge in [-0.2, -0.15) is 0 Å². The fraction of sp³-hybridized carbons (Fsp3) is 0.750. The molecule has 1 aliphatic heterocycles.